The molecule has 0 radical (unpaired) electrons. The Bertz CT molecular complexity index is 909. The first-order valence-corrected chi connectivity index (χ1v) is 9.43. The Morgan fingerprint density at radius 2 is 1.76 bits per heavy atom. The van der Waals surface area contributed by atoms with Gasteiger partial charge in [0.1, 0.15) is 6.54 Å². The summed E-state index contributed by atoms with van der Waals surface area (Å²) < 4.78 is 39.2. The number of halogens is 3. The minimum atomic E-state index is -4.34. The summed E-state index contributed by atoms with van der Waals surface area (Å²) in [6.45, 7) is 4.61. The summed E-state index contributed by atoms with van der Waals surface area (Å²) in [4.78, 5) is 28.3. The number of rotatable bonds is 4. The Kier molecular flexibility index (Phi) is 6.36. The number of carbonyl (C=O) groups is 1. The predicted molar refractivity (Wildman–Crippen MR) is 101 cm³/mol. The van der Waals surface area contributed by atoms with Crippen LogP contribution >= 0.6 is 0 Å². The second kappa shape index (κ2) is 8.77. The number of aryl methyl sites for hydroxylation is 1. The molecule has 1 aromatic heterocycles. The lowest BCUT2D eigenvalue weighted by atomic mass is 10.1. The number of carbonyl (C=O) groups excluding carboxylic acids is 1. The zero-order valence-corrected chi connectivity index (χ0v) is 16.2. The van der Waals surface area contributed by atoms with E-state index in [4.69, 9.17) is 0 Å². The quantitative estimate of drug-likeness (QED) is 0.779. The summed E-state index contributed by atoms with van der Waals surface area (Å²) in [5.41, 5.74) is 0.487. The van der Waals surface area contributed by atoms with Gasteiger partial charge in [-0.3, -0.25) is 14.5 Å². The minimum Gasteiger partial charge on any atom is -0.340 e. The van der Waals surface area contributed by atoms with Gasteiger partial charge >= 0.3 is 6.18 Å². The highest BCUT2D eigenvalue weighted by Crippen LogP contribution is 2.29. The highest BCUT2D eigenvalue weighted by Gasteiger charge is 2.30. The predicted octanol–water partition coefficient (Wildman–Crippen LogP) is 2.31. The van der Waals surface area contributed by atoms with Crippen molar-refractivity contribution in [2.24, 2.45) is 0 Å². The molecule has 3 rings (SSSR count). The summed E-state index contributed by atoms with van der Waals surface area (Å²) in [7, 11) is 0. The maximum absolute atomic E-state index is 12.7. The van der Waals surface area contributed by atoms with Crippen LogP contribution in [-0.2, 0) is 24.1 Å². The summed E-state index contributed by atoms with van der Waals surface area (Å²) in [6.07, 6.45) is -3.58. The fourth-order valence-corrected chi connectivity index (χ4v) is 3.33. The zero-order chi connectivity index (χ0) is 21.0. The molecular formula is C20H23F3N4O2. The maximum atomic E-state index is 12.7. The van der Waals surface area contributed by atoms with Crippen LogP contribution < -0.4 is 5.56 Å². The van der Waals surface area contributed by atoms with Crippen molar-refractivity contribution in [3.63, 3.8) is 0 Å². The molecule has 0 saturated carbocycles. The average molecular weight is 408 g/mol. The van der Waals surface area contributed by atoms with Crippen LogP contribution in [0.4, 0.5) is 13.2 Å². The van der Waals surface area contributed by atoms with E-state index in [-0.39, 0.29) is 18.0 Å². The van der Waals surface area contributed by atoms with Gasteiger partial charge in [-0.2, -0.15) is 18.3 Å². The van der Waals surface area contributed by atoms with Crippen LogP contribution in [0.1, 0.15) is 23.2 Å². The van der Waals surface area contributed by atoms with Crippen molar-refractivity contribution in [3.8, 4) is 0 Å². The molecule has 2 aromatic rings. The van der Waals surface area contributed by atoms with Gasteiger partial charge in [-0.25, -0.2) is 4.68 Å². The number of hydrogen-bond acceptors (Lipinski definition) is 4. The van der Waals surface area contributed by atoms with Gasteiger partial charge in [0, 0.05) is 38.8 Å². The largest absolute Gasteiger partial charge is 0.416 e. The first-order valence-electron chi connectivity index (χ1n) is 9.43. The standard InChI is InChI=1S/C20H23F3N4O2/c1-15-3-8-18(28)27(24-15)14-19(29)26-10-2-9-25(11-12-26)13-16-4-6-17(7-5-16)20(21,22)23/h3-8H,2,9-14H2,1H3. The van der Waals surface area contributed by atoms with Crippen LogP contribution in [-0.4, -0.2) is 51.7 Å². The van der Waals surface area contributed by atoms with Gasteiger partial charge < -0.3 is 4.90 Å². The SMILES string of the molecule is Cc1ccc(=O)n(CC(=O)N2CCCN(Cc3ccc(C(F)(F)F)cc3)CC2)n1. The molecule has 1 amide bonds. The third-order valence-corrected chi connectivity index (χ3v) is 4.91. The molecule has 6 nitrogen and oxygen atoms in total. The number of amides is 1. The molecule has 1 aliphatic heterocycles. The second-order valence-electron chi connectivity index (χ2n) is 7.18. The van der Waals surface area contributed by atoms with Crippen LogP contribution in [0.5, 0.6) is 0 Å². The fourth-order valence-electron chi connectivity index (χ4n) is 3.33. The molecule has 0 atom stereocenters. The molecular weight excluding hydrogens is 385 g/mol. The van der Waals surface area contributed by atoms with Gasteiger partial charge in [0.05, 0.1) is 11.3 Å². The Balaban J connectivity index is 1.56. The summed E-state index contributed by atoms with van der Waals surface area (Å²) in [5, 5.41) is 4.09. The van der Waals surface area contributed by atoms with E-state index >= 15 is 0 Å². The van der Waals surface area contributed by atoms with Gasteiger partial charge in [0.2, 0.25) is 5.91 Å². The lowest BCUT2D eigenvalue weighted by Crippen LogP contribution is -2.39. The van der Waals surface area contributed by atoms with Crippen molar-refractivity contribution in [2.75, 3.05) is 26.2 Å². The second-order valence-corrected chi connectivity index (χ2v) is 7.18. The van der Waals surface area contributed by atoms with Crippen molar-refractivity contribution < 1.29 is 18.0 Å². The molecule has 2 heterocycles. The van der Waals surface area contributed by atoms with Crippen LogP contribution in [0, 0.1) is 6.92 Å². The van der Waals surface area contributed by atoms with Crippen molar-refractivity contribution in [3.05, 3.63) is 63.6 Å². The van der Waals surface area contributed by atoms with Gasteiger partial charge in [-0.1, -0.05) is 12.1 Å². The van der Waals surface area contributed by atoms with Crippen LogP contribution in [0.2, 0.25) is 0 Å². The van der Waals surface area contributed by atoms with Gasteiger partial charge in [0.25, 0.3) is 5.56 Å². The van der Waals surface area contributed by atoms with Gasteiger partial charge in [-0.05, 0) is 37.1 Å². The molecule has 1 saturated heterocycles. The van der Waals surface area contributed by atoms with Crippen molar-refractivity contribution in [2.45, 2.75) is 32.6 Å². The third-order valence-electron chi connectivity index (χ3n) is 4.91. The molecule has 156 valence electrons. The smallest absolute Gasteiger partial charge is 0.340 e. The molecule has 0 bridgehead atoms. The van der Waals surface area contributed by atoms with E-state index in [0.717, 1.165) is 30.7 Å². The number of alkyl halides is 3. The topological polar surface area (TPSA) is 58.4 Å². The summed E-state index contributed by atoms with van der Waals surface area (Å²) in [5.74, 6) is -0.165. The van der Waals surface area contributed by atoms with E-state index in [0.29, 0.717) is 31.9 Å². The van der Waals surface area contributed by atoms with Crippen molar-refractivity contribution in [1.82, 2.24) is 19.6 Å². The molecule has 29 heavy (non-hydrogen) atoms. The van der Waals surface area contributed by atoms with Crippen LogP contribution in [0.15, 0.2) is 41.2 Å². The molecule has 1 fully saturated rings. The molecule has 0 aliphatic carbocycles. The molecule has 0 spiro atoms. The Morgan fingerprint density at radius 1 is 1.03 bits per heavy atom. The number of benzene rings is 1. The van der Waals surface area contributed by atoms with Gasteiger partial charge in [0.15, 0.2) is 0 Å². The molecule has 9 heteroatoms. The Hall–Kier alpha value is -2.68. The minimum absolute atomic E-state index is 0.0978. The average Bonchev–Trinajstić information content (AvgIpc) is 2.90. The van der Waals surface area contributed by atoms with E-state index in [1.807, 2.05) is 0 Å². The highest BCUT2D eigenvalue weighted by atomic mass is 19.4. The number of aromatic nitrogens is 2. The lowest BCUT2D eigenvalue weighted by Gasteiger charge is -2.22. The molecule has 0 N–H and O–H groups in total. The van der Waals surface area contributed by atoms with Crippen molar-refractivity contribution >= 4 is 5.91 Å². The summed E-state index contributed by atoms with van der Waals surface area (Å²) >= 11 is 0. The van der Waals surface area contributed by atoms with E-state index in [9.17, 15) is 22.8 Å². The zero-order valence-electron chi connectivity index (χ0n) is 16.2. The van der Waals surface area contributed by atoms with Gasteiger partial charge in [-0.15, -0.1) is 0 Å². The first kappa shape index (κ1) is 21.0. The molecule has 0 unspecified atom stereocenters. The molecule has 1 aromatic carbocycles. The third kappa shape index (κ3) is 5.66. The van der Waals surface area contributed by atoms with Crippen LogP contribution in [0.25, 0.3) is 0 Å². The van der Waals surface area contributed by atoms with Crippen molar-refractivity contribution in [1.29, 1.82) is 0 Å². The number of nitrogens with zero attached hydrogens (tertiary/aromatic N) is 4. The highest BCUT2D eigenvalue weighted by molar-refractivity contribution is 5.75. The van der Waals surface area contributed by atoms with E-state index < -0.39 is 11.7 Å². The lowest BCUT2D eigenvalue weighted by molar-refractivity contribution is -0.137. The Morgan fingerprint density at radius 3 is 2.45 bits per heavy atom. The maximum Gasteiger partial charge on any atom is 0.416 e. The Labute approximate surface area is 166 Å². The fraction of sp³-hybridized carbons (Fsp3) is 0.450. The normalized spacial score (nSPS) is 15.9. The van der Waals surface area contributed by atoms with Crippen LogP contribution in [0.3, 0.4) is 0 Å². The summed E-state index contributed by atoms with van der Waals surface area (Å²) in [6, 6.07) is 8.17. The molecule has 1 aliphatic rings. The van der Waals surface area contributed by atoms with E-state index in [2.05, 4.69) is 10.00 Å². The first-order chi connectivity index (χ1) is 13.7. The number of hydrogen-bond donors (Lipinski definition) is 0. The van der Waals surface area contributed by atoms with E-state index in [1.165, 1.54) is 22.9 Å². The monoisotopic (exact) mass is 408 g/mol. The van der Waals surface area contributed by atoms with E-state index in [1.54, 1.807) is 17.9 Å².